The zero-order chi connectivity index (χ0) is 11.6. The van der Waals surface area contributed by atoms with Crippen molar-refractivity contribution in [3.05, 3.63) is 35.9 Å². The summed E-state index contributed by atoms with van der Waals surface area (Å²) in [5.41, 5.74) is 7.43. The zero-order valence-corrected chi connectivity index (χ0v) is 10.3. The zero-order valence-electron chi connectivity index (χ0n) is 10.3. The molecule has 0 amide bonds. The fourth-order valence-electron chi connectivity index (χ4n) is 2.27. The van der Waals surface area contributed by atoms with Crippen LogP contribution in [0.2, 0.25) is 0 Å². The van der Waals surface area contributed by atoms with Gasteiger partial charge in [-0.1, -0.05) is 37.3 Å². The topological polar surface area (TPSA) is 29.3 Å². The first-order valence-corrected chi connectivity index (χ1v) is 6.22. The minimum Gasteiger partial charge on any atom is -0.321 e. The Kier molecular flexibility index (Phi) is 3.31. The summed E-state index contributed by atoms with van der Waals surface area (Å²) in [6.07, 6.45) is 2.69. The molecule has 2 nitrogen and oxygen atoms in total. The van der Waals surface area contributed by atoms with Crippen molar-refractivity contribution in [2.75, 3.05) is 13.1 Å². The van der Waals surface area contributed by atoms with Gasteiger partial charge in [0.1, 0.15) is 0 Å². The van der Waals surface area contributed by atoms with Crippen molar-refractivity contribution in [1.82, 2.24) is 4.90 Å². The van der Waals surface area contributed by atoms with Gasteiger partial charge in [0.05, 0.1) is 5.54 Å². The highest BCUT2D eigenvalue weighted by molar-refractivity contribution is 5.23. The van der Waals surface area contributed by atoms with Crippen molar-refractivity contribution in [3.63, 3.8) is 0 Å². The number of likely N-dealkylation sites (N-methyl/N-ethyl adjacent to an activating group) is 1. The maximum Gasteiger partial charge on any atom is 0.0510 e. The second kappa shape index (κ2) is 4.56. The third kappa shape index (κ3) is 2.63. The molecule has 0 radical (unpaired) electrons. The van der Waals surface area contributed by atoms with Crippen LogP contribution in [0.4, 0.5) is 0 Å². The van der Waals surface area contributed by atoms with Crippen molar-refractivity contribution < 1.29 is 0 Å². The van der Waals surface area contributed by atoms with E-state index in [9.17, 15) is 0 Å². The van der Waals surface area contributed by atoms with E-state index in [1.807, 2.05) is 6.07 Å². The molecular weight excluding hydrogens is 196 g/mol. The smallest absolute Gasteiger partial charge is 0.0510 e. The van der Waals surface area contributed by atoms with E-state index in [4.69, 9.17) is 5.73 Å². The van der Waals surface area contributed by atoms with E-state index in [1.54, 1.807) is 0 Å². The largest absolute Gasteiger partial charge is 0.321 e. The first-order chi connectivity index (χ1) is 7.63. The summed E-state index contributed by atoms with van der Waals surface area (Å²) in [5, 5.41) is 0. The third-order valence-electron chi connectivity index (χ3n) is 3.43. The Morgan fingerprint density at radius 1 is 1.31 bits per heavy atom. The lowest BCUT2D eigenvalue weighted by molar-refractivity contribution is 0.218. The van der Waals surface area contributed by atoms with Gasteiger partial charge in [-0.15, -0.1) is 0 Å². The molecule has 1 aromatic carbocycles. The molecule has 0 saturated heterocycles. The van der Waals surface area contributed by atoms with E-state index < -0.39 is 0 Å². The van der Waals surface area contributed by atoms with E-state index >= 15 is 0 Å². The Morgan fingerprint density at radius 2 is 1.94 bits per heavy atom. The van der Waals surface area contributed by atoms with Crippen LogP contribution in [-0.4, -0.2) is 24.0 Å². The molecule has 2 N–H and O–H groups in total. The first-order valence-electron chi connectivity index (χ1n) is 6.22. The summed E-state index contributed by atoms with van der Waals surface area (Å²) >= 11 is 0. The number of hydrogen-bond donors (Lipinski definition) is 1. The van der Waals surface area contributed by atoms with Crippen molar-refractivity contribution in [2.24, 2.45) is 5.73 Å². The number of nitrogens with zero attached hydrogens (tertiary/aromatic N) is 1. The fraction of sp³-hybridized carbons (Fsp3) is 0.571. The Morgan fingerprint density at radius 3 is 2.44 bits per heavy atom. The molecule has 2 heteroatoms. The first kappa shape index (κ1) is 11.6. The van der Waals surface area contributed by atoms with Crippen molar-refractivity contribution >= 4 is 0 Å². The third-order valence-corrected chi connectivity index (χ3v) is 3.43. The van der Waals surface area contributed by atoms with Crippen LogP contribution in [0.25, 0.3) is 0 Å². The van der Waals surface area contributed by atoms with Crippen LogP contribution in [0.3, 0.4) is 0 Å². The van der Waals surface area contributed by atoms with Crippen LogP contribution in [-0.2, 0) is 5.54 Å². The molecule has 0 aliphatic heterocycles. The van der Waals surface area contributed by atoms with Gasteiger partial charge in [-0.3, -0.25) is 4.90 Å². The minimum absolute atomic E-state index is 0.236. The van der Waals surface area contributed by atoms with Crippen LogP contribution in [0.15, 0.2) is 30.3 Å². The van der Waals surface area contributed by atoms with Gasteiger partial charge < -0.3 is 5.73 Å². The lowest BCUT2D eigenvalue weighted by Gasteiger charge is -2.32. The second-order valence-corrected chi connectivity index (χ2v) is 5.08. The number of benzene rings is 1. The number of rotatable bonds is 5. The van der Waals surface area contributed by atoms with Gasteiger partial charge in [-0.2, -0.15) is 0 Å². The molecule has 0 aromatic heterocycles. The van der Waals surface area contributed by atoms with Crippen molar-refractivity contribution in [2.45, 2.75) is 38.3 Å². The van der Waals surface area contributed by atoms with E-state index in [0.29, 0.717) is 0 Å². The minimum atomic E-state index is -0.236. The van der Waals surface area contributed by atoms with Gasteiger partial charge in [0.25, 0.3) is 0 Å². The SMILES string of the molecule is CCN(CC(C)(N)c1ccccc1)C1CC1. The normalized spacial score (nSPS) is 19.8. The van der Waals surface area contributed by atoms with Gasteiger partial charge in [-0.05, 0) is 31.9 Å². The highest BCUT2D eigenvalue weighted by Crippen LogP contribution is 2.29. The standard InChI is InChI=1S/C14H22N2/c1-3-16(13-9-10-13)11-14(2,15)12-7-5-4-6-8-12/h4-8,13H,3,9-11,15H2,1-2H3. The predicted molar refractivity (Wildman–Crippen MR) is 68.3 cm³/mol. The maximum atomic E-state index is 6.44. The summed E-state index contributed by atoms with van der Waals surface area (Å²) in [5.74, 6) is 0. The highest BCUT2D eigenvalue weighted by atomic mass is 15.2. The Balaban J connectivity index is 2.06. The summed E-state index contributed by atoms with van der Waals surface area (Å²) in [7, 11) is 0. The molecule has 0 bridgehead atoms. The molecule has 0 spiro atoms. The van der Waals surface area contributed by atoms with Gasteiger partial charge >= 0.3 is 0 Å². The number of hydrogen-bond acceptors (Lipinski definition) is 2. The Labute approximate surface area is 98.4 Å². The molecule has 2 rings (SSSR count). The van der Waals surface area contributed by atoms with Crippen LogP contribution in [0.1, 0.15) is 32.3 Å². The van der Waals surface area contributed by atoms with Gasteiger partial charge in [-0.25, -0.2) is 0 Å². The average Bonchev–Trinajstić information content (AvgIpc) is 3.11. The quantitative estimate of drug-likeness (QED) is 0.822. The Hall–Kier alpha value is -0.860. The molecular formula is C14H22N2. The van der Waals surface area contributed by atoms with Crippen molar-refractivity contribution in [3.8, 4) is 0 Å². The highest BCUT2D eigenvalue weighted by Gasteiger charge is 2.32. The summed E-state index contributed by atoms with van der Waals surface area (Å²) in [6, 6.07) is 11.2. The van der Waals surface area contributed by atoms with E-state index in [0.717, 1.165) is 19.1 Å². The monoisotopic (exact) mass is 218 g/mol. The van der Waals surface area contributed by atoms with E-state index in [2.05, 4.69) is 43.0 Å². The maximum absolute atomic E-state index is 6.44. The molecule has 1 fully saturated rings. The summed E-state index contributed by atoms with van der Waals surface area (Å²) < 4.78 is 0. The van der Waals surface area contributed by atoms with Gasteiger partial charge in [0.2, 0.25) is 0 Å². The Bertz CT molecular complexity index is 328. The van der Waals surface area contributed by atoms with E-state index in [-0.39, 0.29) is 5.54 Å². The average molecular weight is 218 g/mol. The second-order valence-electron chi connectivity index (χ2n) is 5.08. The molecule has 1 atom stereocenters. The summed E-state index contributed by atoms with van der Waals surface area (Å²) in [6.45, 7) is 6.41. The van der Waals surface area contributed by atoms with Crippen LogP contribution in [0, 0.1) is 0 Å². The van der Waals surface area contributed by atoms with Crippen LogP contribution < -0.4 is 5.73 Å². The molecule has 1 saturated carbocycles. The molecule has 0 heterocycles. The lowest BCUT2D eigenvalue weighted by Crippen LogP contribution is -2.46. The summed E-state index contributed by atoms with van der Waals surface area (Å²) in [4.78, 5) is 2.51. The van der Waals surface area contributed by atoms with Crippen LogP contribution >= 0.6 is 0 Å². The van der Waals surface area contributed by atoms with Crippen LogP contribution in [0.5, 0.6) is 0 Å². The predicted octanol–water partition coefficient (Wildman–Crippen LogP) is 2.34. The van der Waals surface area contributed by atoms with Gasteiger partial charge in [0.15, 0.2) is 0 Å². The molecule has 1 aromatic rings. The lowest BCUT2D eigenvalue weighted by atomic mass is 9.92. The van der Waals surface area contributed by atoms with E-state index in [1.165, 1.54) is 18.4 Å². The molecule has 16 heavy (non-hydrogen) atoms. The number of nitrogens with two attached hydrogens (primary N) is 1. The fourth-order valence-corrected chi connectivity index (χ4v) is 2.27. The molecule has 1 aliphatic rings. The molecule has 88 valence electrons. The van der Waals surface area contributed by atoms with Crippen molar-refractivity contribution in [1.29, 1.82) is 0 Å². The molecule has 1 unspecified atom stereocenters. The molecule has 1 aliphatic carbocycles. The van der Waals surface area contributed by atoms with Gasteiger partial charge in [0, 0.05) is 12.6 Å².